The monoisotopic (exact) mass is 276 g/mol. The molecule has 0 saturated heterocycles. The van der Waals surface area contributed by atoms with E-state index in [1.807, 2.05) is 30.3 Å². The fourth-order valence-electron chi connectivity index (χ4n) is 2.22. The Labute approximate surface area is 113 Å². The zero-order chi connectivity index (χ0) is 14.2. The number of para-hydroxylation sites is 1. The van der Waals surface area contributed by atoms with Gasteiger partial charge >= 0.3 is 6.18 Å². The molecule has 1 heterocycles. The molecule has 3 aromatic rings. The van der Waals surface area contributed by atoms with Gasteiger partial charge in [-0.15, -0.1) is 0 Å². The Morgan fingerprint density at radius 2 is 1.70 bits per heavy atom. The van der Waals surface area contributed by atoms with Gasteiger partial charge in [0, 0.05) is 6.54 Å². The van der Waals surface area contributed by atoms with Crippen molar-refractivity contribution in [1.29, 1.82) is 0 Å². The Kier molecular flexibility index (Phi) is 2.97. The van der Waals surface area contributed by atoms with E-state index in [-0.39, 0.29) is 5.52 Å². The number of benzene rings is 2. The lowest BCUT2D eigenvalue weighted by atomic mass is 10.1. The van der Waals surface area contributed by atoms with Crippen LogP contribution >= 0.6 is 0 Å². The van der Waals surface area contributed by atoms with Crippen molar-refractivity contribution in [3.8, 4) is 0 Å². The third kappa shape index (κ3) is 2.27. The van der Waals surface area contributed by atoms with Gasteiger partial charge in [0.2, 0.25) is 0 Å². The van der Waals surface area contributed by atoms with E-state index in [2.05, 4.69) is 4.98 Å². The number of nitrogens with zero attached hydrogens (tertiary/aromatic N) is 2. The number of fused-ring (bicyclic) bond motifs is 1. The van der Waals surface area contributed by atoms with Gasteiger partial charge in [-0.1, -0.05) is 36.4 Å². The molecule has 102 valence electrons. The normalized spacial score (nSPS) is 11.9. The highest BCUT2D eigenvalue weighted by Crippen LogP contribution is 2.34. The van der Waals surface area contributed by atoms with Crippen LogP contribution in [-0.4, -0.2) is 9.55 Å². The fraction of sp³-hybridized carbons (Fsp3) is 0.133. The number of hydrogen-bond acceptors (Lipinski definition) is 1. The summed E-state index contributed by atoms with van der Waals surface area (Å²) in [4.78, 5) is 3.92. The maximum atomic E-state index is 12.9. The van der Waals surface area contributed by atoms with Gasteiger partial charge in [-0.3, -0.25) is 0 Å². The van der Waals surface area contributed by atoms with E-state index < -0.39 is 11.7 Å². The van der Waals surface area contributed by atoms with Crippen LogP contribution in [0.2, 0.25) is 0 Å². The molecule has 1 aromatic heterocycles. The molecular weight excluding hydrogens is 265 g/mol. The SMILES string of the molecule is FC(F)(F)c1cccc2c1ncn2Cc1ccccc1. The maximum Gasteiger partial charge on any atom is 0.418 e. The average Bonchev–Trinajstić information content (AvgIpc) is 2.82. The lowest BCUT2D eigenvalue weighted by molar-refractivity contribution is -0.136. The largest absolute Gasteiger partial charge is 0.418 e. The molecule has 20 heavy (non-hydrogen) atoms. The highest BCUT2D eigenvalue weighted by atomic mass is 19.4. The summed E-state index contributed by atoms with van der Waals surface area (Å²) < 4.78 is 40.4. The second kappa shape index (κ2) is 4.67. The van der Waals surface area contributed by atoms with Crippen LogP contribution < -0.4 is 0 Å². The van der Waals surface area contributed by atoms with Crippen LogP contribution in [0.25, 0.3) is 11.0 Å². The van der Waals surface area contributed by atoms with Crippen molar-refractivity contribution < 1.29 is 13.2 Å². The van der Waals surface area contributed by atoms with E-state index in [9.17, 15) is 13.2 Å². The van der Waals surface area contributed by atoms with Crippen LogP contribution in [0.3, 0.4) is 0 Å². The van der Waals surface area contributed by atoms with Crippen LogP contribution in [0.1, 0.15) is 11.1 Å². The minimum absolute atomic E-state index is 0.00377. The van der Waals surface area contributed by atoms with E-state index >= 15 is 0 Å². The Bertz CT molecular complexity index is 730. The Balaban J connectivity index is 2.07. The summed E-state index contributed by atoms with van der Waals surface area (Å²) in [7, 11) is 0. The number of imidazole rings is 1. The molecule has 0 spiro atoms. The molecule has 0 radical (unpaired) electrons. The Morgan fingerprint density at radius 3 is 2.40 bits per heavy atom. The summed E-state index contributed by atoms with van der Waals surface area (Å²) in [5, 5.41) is 0. The molecule has 2 nitrogen and oxygen atoms in total. The highest BCUT2D eigenvalue weighted by Gasteiger charge is 2.33. The molecule has 0 fully saturated rings. The first-order valence-corrected chi connectivity index (χ1v) is 6.11. The zero-order valence-electron chi connectivity index (χ0n) is 10.4. The first-order chi connectivity index (χ1) is 9.55. The quantitative estimate of drug-likeness (QED) is 0.689. The zero-order valence-corrected chi connectivity index (χ0v) is 10.4. The lowest BCUT2D eigenvalue weighted by Crippen LogP contribution is -2.06. The predicted octanol–water partition coefficient (Wildman–Crippen LogP) is 4.10. The summed E-state index contributed by atoms with van der Waals surface area (Å²) in [5.74, 6) is 0. The number of alkyl halides is 3. The van der Waals surface area contributed by atoms with Gasteiger partial charge < -0.3 is 4.57 Å². The van der Waals surface area contributed by atoms with E-state index in [0.29, 0.717) is 12.1 Å². The van der Waals surface area contributed by atoms with Gasteiger partial charge in [0.05, 0.1) is 17.4 Å². The first kappa shape index (κ1) is 12.7. The summed E-state index contributed by atoms with van der Waals surface area (Å²) in [6, 6.07) is 13.7. The van der Waals surface area contributed by atoms with Gasteiger partial charge in [-0.05, 0) is 17.7 Å². The minimum atomic E-state index is -4.38. The van der Waals surface area contributed by atoms with Gasteiger partial charge in [0.25, 0.3) is 0 Å². The van der Waals surface area contributed by atoms with Crippen LogP contribution in [0, 0.1) is 0 Å². The fourth-order valence-corrected chi connectivity index (χ4v) is 2.22. The van der Waals surface area contributed by atoms with Crippen LogP contribution in [0.5, 0.6) is 0 Å². The van der Waals surface area contributed by atoms with Crippen LogP contribution in [0.4, 0.5) is 13.2 Å². The standard InChI is InChI=1S/C15H11F3N2/c16-15(17,18)12-7-4-8-13-14(12)19-10-20(13)9-11-5-2-1-3-6-11/h1-8,10H,9H2. The van der Waals surface area contributed by atoms with Gasteiger partial charge in [-0.25, -0.2) is 4.98 Å². The first-order valence-electron chi connectivity index (χ1n) is 6.11. The predicted molar refractivity (Wildman–Crippen MR) is 70.3 cm³/mol. The molecule has 0 aliphatic heterocycles. The lowest BCUT2D eigenvalue weighted by Gasteiger charge is -2.08. The van der Waals surface area contributed by atoms with Gasteiger partial charge in [-0.2, -0.15) is 13.2 Å². The van der Waals surface area contributed by atoms with E-state index in [1.54, 1.807) is 10.6 Å². The van der Waals surface area contributed by atoms with Crippen molar-refractivity contribution >= 4 is 11.0 Å². The maximum absolute atomic E-state index is 12.9. The molecule has 0 amide bonds. The van der Waals surface area contributed by atoms with Crippen molar-refractivity contribution in [3.63, 3.8) is 0 Å². The van der Waals surface area contributed by atoms with Crippen molar-refractivity contribution in [2.45, 2.75) is 12.7 Å². The number of halogens is 3. The molecule has 0 unspecified atom stereocenters. The van der Waals surface area contributed by atoms with Crippen LogP contribution in [-0.2, 0) is 12.7 Å². The third-order valence-corrected chi connectivity index (χ3v) is 3.15. The third-order valence-electron chi connectivity index (χ3n) is 3.15. The Hall–Kier alpha value is -2.30. The summed E-state index contributed by atoms with van der Waals surface area (Å²) in [6.07, 6.45) is -2.93. The average molecular weight is 276 g/mol. The molecule has 0 atom stereocenters. The topological polar surface area (TPSA) is 17.8 Å². The minimum Gasteiger partial charge on any atom is -0.326 e. The van der Waals surface area contributed by atoms with Crippen molar-refractivity contribution in [2.24, 2.45) is 0 Å². The van der Waals surface area contributed by atoms with E-state index in [1.165, 1.54) is 12.4 Å². The molecule has 0 bridgehead atoms. The van der Waals surface area contributed by atoms with Crippen molar-refractivity contribution in [3.05, 3.63) is 66.0 Å². The summed E-state index contributed by atoms with van der Waals surface area (Å²) in [5.41, 5.74) is 0.811. The summed E-state index contributed by atoms with van der Waals surface area (Å²) in [6.45, 7) is 0.499. The summed E-state index contributed by atoms with van der Waals surface area (Å²) >= 11 is 0. The van der Waals surface area contributed by atoms with Gasteiger partial charge in [0.1, 0.15) is 5.52 Å². The smallest absolute Gasteiger partial charge is 0.326 e. The number of rotatable bonds is 2. The number of hydrogen-bond donors (Lipinski definition) is 0. The van der Waals surface area contributed by atoms with Crippen molar-refractivity contribution in [2.75, 3.05) is 0 Å². The molecule has 0 saturated carbocycles. The van der Waals surface area contributed by atoms with Gasteiger partial charge in [0.15, 0.2) is 0 Å². The number of aromatic nitrogens is 2. The Morgan fingerprint density at radius 1 is 0.950 bits per heavy atom. The molecule has 3 rings (SSSR count). The molecule has 0 N–H and O–H groups in total. The molecular formula is C15H11F3N2. The second-order valence-corrected chi connectivity index (χ2v) is 4.53. The molecule has 0 aliphatic carbocycles. The van der Waals surface area contributed by atoms with E-state index in [0.717, 1.165) is 11.6 Å². The molecule has 0 aliphatic rings. The second-order valence-electron chi connectivity index (χ2n) is 4.53. The molecule has 5 heteroatoms. The molecule has 2 aromatic carbocycles. The van der Waals surface area contributed by atoms with Crippen molar-refractivity contribution in [1.82, 2.24) is 9.55 Å². The van der Waals surface area contributed by atoms with E-state index in [4.69, 9.17) is 0 Å². The highest BCUT2D eigenvalue weighted by molar-refractivity contribution is 5.79. The van der Waals surface area contributed by atoms with Crippen LogP contribution in [0.15, 0.2) is 54.9 Å².